The van der Waals surface area contributed by atoms with Gasteiger partial charge >= 0.3 is 17.9 Å². The molecule has 0 N–H and O–H groups in total. The van der Waals surface area contributed by atoms with Crippen LogP contribution in [0.15, 0.2) is 72.9 Å². The van der Waals surface area contributed by atoms with E-state index in [4.69, 9.17) is 14.2 Å². The third kappa shape index (κ3) is 63.7. The minimum Gasteiger partial charge on any atom is -0.462 e. The zero-order valence-corrected chi connectivity index (χ0v) is 51.9. The highest BCUT2D eigenvalue weighted by atomic mass is 16.6. The van der Waals surface area contributed by atoms with Gasteiger partial charge < -0.3 is 14.2 Å². The highest BCUT2D eigenvalue weighted by Crippen LogP contribution is 2.18. The Hall–Kier alpha value is -3.15. The topological polar surface area (TPSA) is 78.9 Å². The first-order valence-electron chi connectivity index (χ1n) is 33.9. The molecule has 0 aromatic heterocycles. The molecule has 0 aliphatic carbocycles. The summed E-state index contributed by atoms with van der Waals surface area (Å²) in [5.74, 6) is -0.872. The molecule has 6 heteroatoms. The van der Waals surface area contributed by atoms with Crippen LogP contribution in [0.5, 0.6) is 0 Å². The fourth-order valence-electron chi connectivity index (χ4n) is 9.88. The predicted molar refractivity (Wildman–Crippen MR) is 339 cm³/mol. The van der Waals surface area contributed by atoms with Crippen molar-refractivity contribution in [2.75, 3.05) is 13.2 Å². The summed E-state index contributed by atoms with van der Waals surface area (Å²) in [4.78, 5) is 38.4. The van der Waals surface area contributed by atoms with Crippen LogP contribution >= 0.6 is 0 Å². The van der Waals surface area contributed by atoms with Gasteiger partial charge in [0.2, 0.25) is 0 Å². The van der Waals surface area contributed by atoms with Gasteiger partial charge in [-0.1, -0.05) is 312 Å². The maximum absolute atomic E-state index is 12.9. The number of allylic oxidation sites excluding steroid dienone is 12. The Labute approximate surface area is 484 Å². The summed E-state index contributed by atoms with van der Waals surface area (Å²) in [5.41, 5.74) is 0. The minimum atomic E-state index is -0.781. The molecule has 0 bridgehead atoms. The van der Waals surface area contributed by atoms with E-state index in [0.29, 0.717) is 19.3 Å². The Bertz CT molecular complexity index is 1440. The Morgan fingerprint density at radius 3 is 0.808 bits per heavy atom. The summed E-state index contributed by atoms with van der Waals surface area (Å²) in [6, 6.07) is 0. The van der Waals surface area contributed by atoms with Gasteiger partial charge in [0.05, 0.1) is 0 Å². The first kappa shape index (κ1) is 74.8. The van der Waals surface area contributed by atoms with Crippen LogP contribution in [-0.2, 0) is 28.6 Å². The van der Waals surface area contributed by atoms with E-state index in [0.717, 1.165) is 103 Å². The van der Waals surface area contributed by atoms with E-state index in [1.807, 2.05) is 0 Å². The summed E-state index contributed by atoms with van der Waals surface area (Å²) in [5, 5.41) is 0. The van der Waals surface area contributed by atoms with Crippen LogP contribution in [0.25, 0.3) is 0 Å². The molecule has 0 heterocycles. The van der Waals surface area contributed by atoms with Gasteiger partial charge in [0.25, 0.3) is 0 Å². The summed E-state index contributed by atoms with van der Waals surface area (Å²) in [7, 11) is 0. The SMILES string of the molecule is CC/C=C\C/C=C\C/C=C\C/C=C\CCCCCCCCCCCCCCC(=O)OCC(COC(=O)CCCCCCC/C=C\C/C=C\CCCCC)OC(=O)CCCCCCCCCCCCCCCCCCCCCC. The molecular weight excluding hydrogens is 961 g/mol. The summed E-state index contributed by atoms with van der Waals surface area (Å²) < 4.78 is 17.0. The zero-order chi connectivity index (χ0) is 56.4. The Morgan fingerprint density at radius 2 is 0.500 bits per heavy atom. The second kappa shape index (κ2) is 66.4. The number of hydrogen-bond donors (Lipinski definition) is 0. The summed E-state index contributed by atoms with van der Waals surface area (Å²) >= 11 is 0. The van der Waals surface area contributed by atoms with E-state index >= 15 is 0 Å². The third-order valence-electron chi connectivity index (χ3n) is 14.9. The van der Waals surface area contributed by atoms with Crippen molar-refractivity contribution >= 4 is 17.9 Å². The van der Waals surface area contributed by atoms with Gasteiger partial charge in [0.15, 0.2) is 6.10 Å². The molecule has 1 unspecified atom stereocenters. The number of ether oxygens (including phenoxy) is 3. The Kier molecular flexibility index (Phi) is 63.7. The van der Waals surface area contributed by atoms with Crippen LogP contribution in [0, 0.1) is 0 Å². The molecular formula is C72H128O6. The summed E-state index contributed by atoms with van der Waals surface area (Å²) in [6.45, 7) is 6.54. The van der Waals surface area contributed by atoms with Gasteiger partial charge in [-0.2, -0.15) is 0 Å². The molecule has 0 aliphatic rings. The second-order valence-corrected chi connectivity index (χ2v) is 22.7. The fourth-order valence-corrected chi connectivity index (χ4v) is 9.88. The van der Waals surface area contributed by atoms with Gasteiger partial charge in [-0.15, -0.1) is 0 Å². The monoisotopic (exact) mass is 1090 g/mol. The van der Waals surface area contributed by atoms with Crippen molar-refractivity contribution in [1.29, 1.82) is 0 Å². The number of esters is 3. The smallest absolute Gasteiger partial charge is 0.306 e. The average Bonchev–Trinajstić information content (AvgIpc) is 3.44. The van der Waals surface area contributed by atoms with E-state index in [1.165, 1.54) is 205 Å². The molecule has 0 aliphatic heterocycles. The quantitative estimate of drug-likeness (QED) is 0.0261. The third-order valence-corrected chi connectivity index (χ3v) is 14.9. The molecule has 452 valence electrons. The van der Waals surface area contributed by atoms with E-state index in [2.05, 4.69) is 93.7 Å². The molecule has 1 atom stereocenters. The van der Waals surface area contributed by atoms with Gasteiger partial charge in [0.1, 0.15) is 13.2 Å². The minimum absolute atomic E-state index is 0.0773. The lowest BCUT2D eigenvalue weighted by Crippen LogP contribution is -2.30. The molecule has 0 aromatic rings. The highest BCUT2D eigenvalue weighted by molar-refractivity contribution is 5.71. The van der Waals surface area contributed by atoms with Crippen molar-refractivity contribution in [3.05, 3.63) is 72.9 Å². The van der Waals surface area contributed by atoms with Crippen LogP contribution in [-0.4, -0.2) is 37.2 Å². The zero-order valence-electron chi connectivity index (χ0n) is 51.9. The Balaban J connectivity index is 4.31. The lowest BCUT2D eigenvalue weighted by atomic mass is 10.0. The predicted octanol–water partition coefficient (Wildman–Crippen LogP) is 23.3. The molecule has 0 radical (unpaired) electrons. The number of carbonyl (C=O) groups is 3. The first-order valence-corrected chi connectivity index (χ1v) is 33.9. The fraction of sp³-hybridized carbons (Fsp3) is 0.792. The normalized spacial score (nSPS) is 12.5. The molecule has 0 rings (SSSR count). The number of unbranched alkanes of at least 4 members (excludes halogenated alkanes) is 39. The molecule has 0 amide bonds. The van der Waals surface area contributed by atoms with Crippen molar-refractivity contribution in [3.8, 4) is 0 Å². The molecule has 0 saturated heterocycles. The first-order chi connectivity index (χ1) is 38.5. The molecule has 0 aromatic carbocycles. The number of rotatable bonds is 62. The van der Waals surface area contributed by atoms with Gasteiger partial charge in [-0.25, -0.2) is 0 Å². The molecule has 78 heavy (non-hydrogen) atoms. The van der Waals surface area contributed by atoms with Gasteiger partial charge in [-0.3, -0.25) is 14.4 Å². The highest BCUT2D eigenvalue weighted by Gasteiger charge is 2.19. The lowest BCUT2D eigenvalue weighted by molar-refractivity contribution is -0.167. The molecule has 6 nitrogen and oxygen atoms in total. The van der Waals surface area contributed by atoms with Gasteiger partial charge in [-0.05, 0) is 89.9 Å². The standard InChI is InChI=1S/C72H128O6/c1-4-7-10-13-16-19-22-25-28-30-32-34-35-36-37-38-40-41-44-47-50-53-56-59-62-65-71(74)77-68-69(67-76-70(73)64-61-58-55-52-49-46-43-27-24-21-18-15-12-9-6-3)78-72(75)66-63-60-57-54-51-48-45-42-39-33-31-29-26-23-20-17-14-11-8-5-2/h7,10,16,18-19,21,25,27-28,32,34,43,69H,4-6,8-9,11-15,17,20,22-24,26,29-31,33,35-42,44-68H2,1-3H3/b10-7-,19-16-,21-18-,28-25-,34-32-,43-27-. The van der Waals surface area contributed by atoms with Crippen LogP contribution in [0.1, 0.15) is 348 Å². The van der Waals surface area contributed by atoms with E-state index < -0.39 is 6.10 Å². The number of hydrogen-bond acceptors (Lipinski definition) is 6. The van der Waals surface area contributed by atoms with Crippen molar-refractivity contribution in [1.82, 2.24) is 0 Å². The maximum atomic E-state index is 12.9. The van der Waals surface area contributed by atoms with Crippen molar-refractivity contribution < 1.29 is 28.6 Å². The maximum Gasteiger partial charge on any atom is 0.306 e. The van der Waals surface area contributed by atoms with Crippen LogP contribution in [0.4, 0.5) is 0 Å². The van der Waals surface area contributed by atoms with Crippen molar-refractivity contribution in [2.24, 2.45) is 0 Å². The van der Waals surface area contributed by atoms with Crippen LogP contribution < -0.4 is 0 Å². The van der Waals surface area contributed by atoms with Crippen LogP contribution in [0.3, 0.4) is 0 Å². The molecule has 0 spiro atoms. The lowest BCUT2D eigenvalue weighted by Gasteiger charge is -2.18. The molecule has 0 saturated carbocycles. The van der Waals surface area contributed by atoms with Crippen molar-refractivity contribution in [3.63, 3.8) is 0 Å². The number of carbonyl (C=O) groups excluding carboxylic acids is 3. The van der Waals surface area contributed by atoms with E-state index in [1.54, 1.807) is 0 Å². The second-order valence-electron chi connectivity index (χ2n) is 22.7. The van der Waals surface area contributed by atoms with Gasteiger partial charge in [0, 0.05) is 19.3 Å². The van der Waals surface area contributed by atoms with Crippen LogP contribution in [0.2, 0.25) is 0 Å². The van der Waals surface area contributed by atoms with Crippen molar-refractivity contribution in [2.45, 2.75) is 354 Å². The summed E-state index contributed by atoms with van der Waals surface area (Å²) in [6.07, 6.45) is 86.3. The molecule has 0 fully saturated rings. The average molecular weight is 1090 g/mol. The van der Waals surface area contributed by atoms with E-state index in [-0.39, 0.29) is 31.1 Å². The Morgan fingerprint density at radius 1 is 0.269 bits per heavy atom. The largest absolute Gasteiger partial charge is 0.462 e. The van der Waals surface area contributed by atoms with E-state index in [9.17, 15) is 14.4 Å².